The molecule has 0 amide bonds. The molecule has 2 unspecified atom stereocenters. The summed E-state index contributed by atoms with van der Waals surface area (Å²) in [5.41, 5.74) is 1.49. The maximum atomic E-state index is 14.2. The van der Waals surface area contributed by atoms with Gasteiger partial charge in [-0.05, 0) is 45.5 Å². The Morgan fingerprint density at radius 2 is 2.11 bits per heavy atom. The molecule has 0 aliphatic heterocycles. The van der Waals surface area contributed by atoms with Gasteiger partial charge < -0.3 is 10.2 Å². The Morgan fingerprint density at radius 3 is 2.58 bits per heavy atom. The number of benzene rings is 1. The Morgan fingerprint density at radius 1 is 1.42 bits per heavy atom. The van der Waals surface area contributed by atoms with Crippen molar-refractivity contribution in [3.63, 3.8) is 0 Å². The van der Waals surface area contributed by atoms with Crippen molar-refractivity contribution in [1.82, 2.24) is 5.32 Å². The van der Waals surface area contributed by atoms with Crippen molar-refractivity contribution < 1.29 is 4.39 Å². The molecule has 104 valence electrons. The number of nitrogens with one attached hydrogen (secondary N) is 1. The van der Waals surface area contributed by atoms with Gasteiger partial charge in [0.15, 0.2) is 0 Å². The Balaban J connectivity index is 2.97. The van der Waals surface area contributed by atoms with Crippen LogP contribution in [0.4, 0.5) is 10.1 Å². The van der Waals surface area contributed by atoms with Crippen molar-refractivity contribution in [3.05, 3.63) is 29.6 Å². The molecule has 1 aromatic rings. The summed E-state index contributed by atoms with van der Waals surface area (Å²) < 4.78 is 14.2. The number of anilines is 1. The lowest BCUT2D eigenvalue weighted by Gasteiger charge is -2.25. The lowest BCUT2D eigenvalue weighted by Crippen LogP contribution is -2.28. The molecule has 0 spiro atoms. The zero-order valence-electron chi connectivity index (χ0n) is 12.1. The fourth-order valence-corrected chi connectivity index (χ4v) is 1.98. The zero-order valence-corrected chi connectivity index (χ0v) is 12.1. The van der Waals surface area contributed by atoms with Crippen molar-refractivity contribution in [2.24, 2.45) is 5.92 Å². The molecule has 0 radical (unpaired) electrons. The fourth-order valence-electron chi connectivity index (χ4n) is 1.98. The quantitative estimate of drug-likeness (QED) is 0.857. The second kappa shape index (κ2) is 7.10. The predicted octanol–water partition coefficient (Wildman–Crippen LogP) is 3.09. The van der Waals surface area contributed by atoms with Crippen LogP contribution in [0.25, 0.3) is 0 Å². The number of hydrogen-bond donors (Lipinski definition) is 1. The summed E-state index contributed by atoms with van der Waals surface area (Å²) in [7, 11) is 1.85. The highest BCUT2D eigenvalue weighted by molar-refractivity contribution is 5.49. The molecule has 4 heteroatoms. The van der Waals surface area contributed by atoms with Crippen LogP contribution in [-0.4, -0.2) is 20.1 Å². The van der Waals surface area contributed by atoms with Gasteiger partial charge in [0.1, 0.15) is 5.82 Å². The topological polar surface area (TPSA) is 39.1 Å². The molecule has 19 heavy (non-hydrogen) atoms. The molecule has 0 heterocycles. The van der Waals surface area contributed by atoms with Gasteiger partial charge in [-0.15, -0.1) is 0 Å². The number of rotatable bonds is 6. The van der Waals surface area contributed by atoms with E-state index in [1.807, 2.05) is 38.8 Å². The van der Waals surface area contributed by atoms with E-state index < -0.39 is 0 Å². The molecule has 1 aromatic carbocycles. The summed E-state index contributed by atoms with van der Waals surface area (Å²) in [5, 5.41) is 12.0. The van der Waals surface area contributed by atoms with Crippen molar-refractivity contribution in [2.75, 3.05) is 25.0 Å². The lowest BCUT2D eigenvalue weighted by molar-refractivity contribution is 0.594. The standard InChI is InChI=1S/C15H22FN3/c1-5-19(10-11(2)9-17)15-7-6-13(8-14(15)16)12(3)18-4/h6-8,11-12,18H,5,10H2,1-4H3. The van der Waals surface area contributed by atoms with E-state index in [1.54, 1.807) is 12.1 Å². The molecule has 0 fully saturated rings. The van der Waals surface area contributed by atoms with Gasteiger partial charge >= 0.3 is 0 Å². The molecule has 2 atom stereocenters. The molecule has 0 aromatic heterocycles. The fraction of sp³-hybridized carbons (Fsp3) is 0.533. The summed E-state index contributed by atoms with van der Waals surface area (Å²) in [6, 6.07) is 7.60. The zero-order chi connectivity index (χ0) is 14.4. The molecule has 1 N–H and O–H groups in total. The largest absolute Gasteiger partial charge is 0.368 e. The number of nitriles is 1. The minimum Gasteiger partial charge on any atom is -0.368 e. The minimum atomic E-state index is -0.230. The molecule has 1 rings (SSSR count). The third kappa shape index (κ3) is 3.93. The van der Waals surface area contributed by atoms with Gasteiger partial charge in [-0.3, -0.25) is 0 Å². The van der Waals surface area contributed by atoms with E-state index in [2.05, 4.69) is 11.4 Å². The van der Waals surface area contributed by atoms with Crippen LogP contribution in [0.3, 0.4) is 0 Å². The Hall–Kier alpha value is -1.60. The lowest BCUT2D eigenvalue weighted by atomic mass is 10.1. The van der Waals surface area contributed by atoms with Crippen molar-refractivity contribution in [3.8, 4) is 6.07 Å². The molecular weight excluding hydrogens is 241 g/mol. The number of nitrogens with zero attached hydrogens (tertiary/aromatic N) is 2. The van der Waals surface area contributed by atoms with Gasteiger partial charge in [-0.25, -0.2) is 4.39 Å². The summed E-state index contributed by atoms with van der Waals surface area (Å²) in [6.07, 6.45) is 0. The van der Waals surface area contributed by atoms with Crippen LogP contribution >= 0.6 is 0 Å². The first kappa shape index (κ1) is 15.5. The molecule has 0 saturated heterocycles. The van der Waals surface area contributed by atoms with E-state index in [0.717, 1.165) is 5.56 Å². The van der Waals surface area contributed by atoms with E-state index in [9.17, 15) is 4.39 Å². The van der Waals surface area contributed by atoms with E-state index >= 15 is 0 Å². The monoisotopic (exact) mass is 263 g/mol. The van der Waals surface area contributed by atoms with Crippen LogP contribution in [0.5, 0.6) is 0 Å². The van der Waals surface area contributed by atoms with Gasteiger partial charge in [0.2, 0.25) is 0 Å². The van der Waals surface area contributed by atoms with Gasteiger partial charge in [-0.1, -0.05) is 6.07 Å². The molecule has 0 bridgehead atoms. The first-order valence-electron chi connectivity index (χ1n) is 6.64. The summed E-state index contributed by atoms with van der Waals surface area (Å²) in [4.78, 5) is 1.90. The second-order valence-corrected chi connectivity index (χ2v) is 4.79. The first-order chi connectivity index (χ1) is 9.03. The summed E-state index contributed by atoms with van der Waals surface area (Å²) in [5.74, 6) is -0.346. The average Bonchev–Trinajstić information content (AvgIpc) is 2.43. The molecule has 0 aliphatic rings. The minimum absolute atomic E-state index is 0.116. The van der Waals surface area contributed by atoms with Crippen LogP contribution in [0.2, 0.25) is 0 Å². The highest BCUT2D eigenvalue weighted by atomic mass is 19.1. The summed E-state index contributed by atoms with van der Waals surface area (Å²) >= 11 is 0. The second-order valence-electron chi connectivity index (χ2n) is 4.79. The highest BCUT2D eigenvalue weighted by Crippen LogP contribution is 2.24. The molecule has 0 saturated carbocycles. The SMILES string of the molecule is CCN(CC(C)C#N)c1ccc(C(C)NC)cc1F. The highest BCUT2D eigenvalue weighted by Gasteiger charge is 2.14. The van der Waals surface area contributed by atoms with Crippen molar-refractivity contribution >= 4 is 5.69 Å². The number of hydrogen-bond acceptors (Lipinski definition) is 3. The van der Waals surface area contributed by atoms with Crippen molar-refractivity contribution in [1.29, 1.82) is 5.26 Å². The van der Waals surface area contributed by atoms with E-state index in [1.165, 1.54) is 0 Å². The molecule has 0 aliphatic carbocycles. The van der Waals surface area contributed by atoms with Gasteiger partial charge in [0.05, 0.1) is 17.7 Å². The Kier molecular flexibility index (Phi) is 5.78. The average molecular weight is 263 g/mol. The third-order valence-electron chi connectivity index (χ3n) is 3.34. The van der Waals surface area contributed by atoms with E-state index in [4.69, 9.17) is 5.26 Å². The Bertz CT molecular complexity index is 453. The van der Waals surface area contributed by atoms with Crippen molar-refractivity contribution in [2.45, 2.75) is 26.8 Å². The molecule has 3 nitrogen and oxygen atoms in total. The normalized spacial score (nSPS) is 13.7. The van der Waals surface area contributed by atoms with Crippen LogP contribution in [0.15, 0.2) is 18.2 Å². The third-order valence-corrected chi connectivity index (χ3v) is 3.34. The maximum Gasteiger partial charge on any atom is 0.146 e. The van der Waals surface area contributed by atoms with Crippen LogP contribution in [0.1, 0.15) is 32.4 Å². The first-order valence-corrected chi connectivity index (χ1v) is 6.64. The predicted molar refractivity (Wildman–Crippen MR) is 76.5 cm³/mol. The van der Waals surface area contributed by atoms with E-state index in [0.29, 0.717) is 18.8 Å². The van der Waals surface area contributed by atoms with E-state index in [-0.39, 0.29) is 17.8 Å². The van der Waals surface area contributed by atoms with Gasteiger partial charge in [0.25, 0.3) is 0 Å². The van der Waals surface area contributed by atoms with Crippen LogP contribution in [-0.2, 0) is 0 Å². The number of halogens is 1. The smallest absolute Gasteiger partial charge is 0.146 e. The van der Waals surface area contributed by atoms with Crippen LogP contribution < -0.4 is 10.2 Å². The van der Waals surface area contributed by atoms with Crippen LogP contribution in [0, 0.1) is 23.1 Å². The maximum absolute atomic E-state index is 14.2. The Labute approximate surface area is 115 Å². The van der Waals surface area contributed by atoms with Gasteiger partial charge in [0, 0.05) is 19.1 Å². The summed E-state index contributed by atoms with van der Waals surface area (Å²) in [6.45, 7) is 7.03. The van der Waals surface area contributed by atoms with Gasteiger partial charge in [-0.2, -0.15) is 5.26 Å². The molecular formula is C15H22FN3.